The van der Waals surface area contributed by atoms with Gasteiger partial charge in [-0.2, -0.15) is 0 Å². The molecule has 0 spiro atoms. The lowest BCUT2D eigenvalue weighted by molar-refractivity contribution is 0.0456. The number of carbonyl (C=O) groups excluding carboxylic acids is 1. The zero-order valence-electron chi connectivity index (χ0n) is 13.0. The second kappa shape index (κ2) is 5.72. The highest BCUT2D eigenvalue weighted by molar-refractivity contribution is 5.95. The molecule has 0 aromatic heterocycles. The van der Waals surface area contributed by atoms with E-state index in [1.807, 2.05) is 68.4 Å². The first-order valence-electron chi connectivity index (χ1n) is 7.35. The van der Waals surface area contributed by atoms with Crippen LogP contribution in [-0.2, 0) is 4.74 Å². The third-order valence-corrected chi connectivity index (χ3v) is 3.77. The van der Waals surface area contributed by atoms with Crippen LogP contribution in [0.5, 0.6) is 5.75 Å². The van der Waals surface area contributed by atoms with Crippen molar-refractivity contribution in [1.82, 2.24) is 0 Å². The Morgan fingerprint density at radius 2 is 1.86 bits per heavy atom. The number of fused-ring (bicyclic) bond motifs is 1. The first kappa shape index (κ1) is 14.4. The molecule has 2 aromatic carbocycles. The van der Waals surface area contributed by atoms with E-state index in [0.29, 0.717) is 12.2 Å². The van der Waals surface area contributed by atoms with Crippen LogP contribution < -0.4 is 9.64 Å². The quantitative estimate of drug-likeness (QED) is 0.811. The second-order valence-corrected chi connectivity index (χ2v) is 5.45. The minimum atomic E-state index is -0.339. The van der Waals surface area contributed by atoms with Gasteiger partial charge in [-0.25, -0.2) is 4.79 Å². The van der Waals surface area contributed by atoms with Gasteiger partial charge in [-0.3, -0.25) is 0 Å². The van der Waals surface area contributed by atoms with Crippen LogP contribution in [0.2, 0.25) is 0 Å². The smallest absolute Gasteiger partial charge is 0.339 e. The molecule has 22 heavy (non-hydrogen) atoms. The molecule has 0 saturated carbocycles. The van der Waals surface area contributed by atoms with Crippen LogP contribution in [0, 0.1) is 0 Å². The van der Waals surface area contributed by atoms with Crippen molar-refractivity contribution in [1.29, 1.82) is 0 Å². The third kappa shape index (κ3) is 2.52. The highest BCUT2D eigenvalue weighted by Crippen LogP contribution is 2.37. The van der Waals surface area contributed by atoms with Crippen molar-refractivity contribution in [3.8, 4) is 5.75 Å². The van der Waals surface area contributed by atoms with Crippen molar-refractivity contribution < 1.29 is 14.3 Å². The Kier molecular flexibility index (Phi) is 3.75. The SMILES string of the molecule is CCOc1ccc(C2OC(=O)c3cc(N(C)C)ccc32)cc1. The Hall–Kier alpha value is -2.49. The van der Waals surface area contributed by atoms with Crippen LogP contribution in [0.15, 0.2) is 42.5 Å². The summed E-state index contributed by atoms with van der Waals surface area (Å²) in [6.45, 7) is 2.58. The van der Waals surface area contributed by atoms with Gasteiger partial charge in [0.1, 0.15) is 5.75 Å². The van der Waals surface area contributed by atoms with Crippen molar-refractivity contribution >= 4 is 11.7 Å². The van der Waals surface area contributed by atoms with E-state index in [2.05, 4.69) is 0 Å². The number of benzene rings is 2. The van der Waals surface area contributed by atoms with E-state index in [1.54, 1.807) is 0 Å². The topological polar surface area (TPSA) is 38.8 Å². The fraction of sp³-hybridized carbons (Fsp3) is 0.278. The maximum absolute atomic E-state index is 12.1. The van der Waals surface area contributed by atoms with Crippen molar-refractivity contribution in [2.24, 2.45) is 0 Å². The highest BCUT2D eigenvalue weighted by Gasteiger charge is 2.32. The van der Waals surface area contributed by atoms with Gasteiger partial charge >= 0.3 is 5.97 Å². The number of hydrogen-bond acceptors (Lipinski definition) is 4. The molecule has 1 heterocycles. The molecule has 3 rings (SSSR count). The Labute approximate surface area is 130 Å². The summed E-state index contributed by atoms with van der Waals surface area (Å²) >= 11 is 0. The summed E-state index contributed by atoms with van der Waals surface area (Å²) in [6.07, 6.45) is -0.339. The Bertz CT molecular complexity index is 692. The average Bonchev–Trinajstić information content (AvgIpc) is 2.85. The summed E-state index contributed by atoms with van der Waals surface area (Å²) < 4.78 is 11.0. The summed E-state index contributed by atoms with van der Waals surface area (Å²) in [7, 11) is 3.90. The predicted octanol–water partition coefficient (Wildman–Crippen LogP) is 3.41. The zero-order valence-corrected chi connectivity index (χ0v) is 13.0. The van der Waals surface area contributed by atoms with Crippen LogP contribution in [-0.4, -0.2) is 26.7 Å². The van der Waals surface area contributed by atoms with E-state index in [-0.39, 0.29) is 12.1 Å². The maximum Gasteiger partial charge on any atom is 0.339 e. The molecule has 0 radical (unpaired) electrons. The van der Waals surface area contributed by atoms with Crippen LogP contribution in [0.25, 0.3) is 0 Å². The molecule has 0 aliphatic carbocycles. The summed E-state index contributed by atoms with van der Waals surface area (Å²) in [5, 5.41) is 0. The van der Waals surface area contributed by atoms with Gasteiger partial charge in [-0.05, 0) is 36.8 Å². The van der Waals surface area contributed by atoms with E-state index in [1.165, 1.54) is 0 Å². The number of cyclic esters (lactones) is 1. The summed E-state index contributed by atoms with van der Waals surface area (Å²) in [5.74, 6) is 0.552. The minimum Gasteiger partial charge on any atom is -0.494 e. The van der Waals surface area contributed by atoms with Crippen LogP contribution in [0.4, 0.5) is 5.69 Å². The van der Waals surface area contributed by atoms with Crippen LogP contribution in [0.3, 0.4) is 0 Å². The van der Waals surface area contributed by atoms with Gasteiger partial charge in [0.05, 0.1) is 12.2 Å². The molecule has 1 aliphatic rings. The first-order valence-corrected chi connectivity index (χ1v) is 7.35. The second-order valence-electron chi connectivity index (χ2n) is 5.45. The van der Waals surface area contributed by atoms with E-state index < -0.39 is 0 Å². The van der Waals surface area contributed by atoms with Crippen LogP contribution >= 0.6 is 0 Å². The van der Waals surface area contributed by atoms with Crippen LogP contribution in [0.1, 0.15) is 34.5 Å². The molecule has 0 amide bonds. The van der Waals surface area contributed by atoms with Gasteiger partial charge in [-0.15, -0.1) is 0 Å². The fourth-order valence-electron chi connectivity index (χ4n) is 2.61. The number of rotatable bonds is 4. The molecule has 4 heteroatoms. The third-order valence-electron chi connectivity index (χ3n) is 3.77. The molecule has 4 nitrogen and oxygen atoms in total. The fourth-order valence-corrected chi connectivity index (χ4v) is 2.61. The van der Waals surface area contributed by atoms with Gasteiger partial charge in [0.2, 0.25) is 0 Å². The maximum atomic E-state index is 12.1. The van der Waals surface area contributed by atoms with Gasteiger partial charge in [-0.1, -0.05) is 18.2 Å². The largest absolute Gasteiger partial charge is 0.494 e. The van der Waals surface area contributed by atoms with Gasteiger partial charge in [0.15, 0.2) is 6.10 Å². The Morgan fingerprint density at radius 1 is 1.14 bits per heavy atom. The molecule has 0 bridgehead atoms. The van der Waals surface area contributed by atoms with Crippen molar-refractivity contribution in [3.05, 3.63) is 59.2 Å². The predicted molar refractivity (Wildman–Crippen MR) is 85.6 cm³/mol. The van der Waals surface area contributed by atoms with E-state index in [4.69, 9.17) is 9.47 Å². The average molecular weight is 297 g/mol. The van der Waals surface area contributed by atoms with Crippen molar-refractivity contribution in [2.75, 3.05) is 25.6 Å². The number of esters is 1. The number of nitrogens with zero attached hydrogens (tertiary/aromatic N) is 1. The molecule has 0 saturated heterocycles. The van der Waals surface area contributed by atoms with E-state index in [0.717, 1.165) is 22.6 Å². The lowest BCUT2D eigenvalue weighted by Gasteiger charge is -2.14. The molecule has 0 fully saturated rings. The Balaban J connectivity index is 1.93. The zero-order chi connectivity index (χ0) is 15.7. The minimum absolute atomic E-state index is 0.266. The van der Waals surface area contributed by atoms with E-state index >= 15 is 0 Å². The summed E-state index contributed by atoms with van der Waals surface area (Å²) in [5.41, 5.74) is 3.50. The standard InChI is InChI=1S/C18H19NO3/c1-4-21-14-8-5-12(6-9-14)17-15-10-7-13(19(2)3)11-16(15)18(20)22-17/h5-11,17H,4H2,1-3H3. The highest BCUT2D eigenvalue weighted by atomic mass is 16.5. The monoisotopic (exact) mass is 297 g/mol. The lowest BCUT2D eigenvalue weighted by Crippen LogP contribution is -2.09. The molecule has 1 unspecified atom stereocenters. The molecular formula is C18H19NO3. The molecule has 2 aromatic rings. The van der Waals surface area contributed by atoms with Crippen molar-refractivity contribution in [2.45, 2.75) is 13.0 Å². The molecule has 0 N–H and O–H groups in total. The van der Waals surface area contributed by atoms with Gasteiger partial charge < -0.3 is 14.4 Å². The number of hydrogen-bond donors (Lipinski definition) is 0. The van der Waals surface area contributed by atoms with E-state index in [9.17, 15) is 4.79 Å². The lowest BCUT2D eigenvalue weighted by atomic mass is 9.98. The number of ether oxygens (including phenoxy) is 2. The Morgan fingerprint density at radius 3 is 2.50 bits per heavy atom. The van der Waals surface area contributed by atoms with Gasteiger partial charge in [0, 0.05) is 25.3 Å². The molecule has 1 atom stereocenters. The first-order chi connectivity index (χ1) is 10.6. The number of carbonyl (C=O) groups is 1. The normalized spacial score (nSPS) is 16.1. The molecular weight excluding hydrogens is 278 g/mol. The number of anilines is 1. The summed E-state index contributed by atoms with van der Waals surface area (Å²) in [6, 6.07) is 13.5. The summed E-state index contributed by atoms with van der Waals surface area (Å²) in [4.78, 5) is 14.1. The van der Waals surface area contributed by atoms with Crippen molar-refractivity contribution in [3.63, 3.8) is 0 Å². The van der Waals surface area contributed by atoms with Gasteiger partial charge in [0.25, 0.3) is 0 Å². The molecule has 114 valence electrons. The molecule has 1 aliphatic heterocycles.